The Morgan fingerprint density at radius 1 is 1.23 bits per heavy atom. The number of benzene rings is 1. The zero-order valence-electron chi connectivity index (χ0n) is 6.71. The molecule has 0 radical (unpaired) electrons. The average Bonchev–Trinajstić information content (AvgIpc) is 2.04. The van der Waals surface area contributed by atoms with Crippen LogP contribution < -0.4 is 4.18 Å². The molecule has 5 heteroatoms. The van der Waals surface area contributed by atoms with E-state index in [9.17, 15) is 8.42 Å². The second kappa shape index (κ2) is 3.95. The van der Waals surface area contributed by atoms with Crippen LogP contribution in [0.2, 0.25) is 0 Å². The van der Waals surface area contributed by atoms with Gasteiger partial charge in [0.05, 0.1) is 0 Å². The van der Waals surface area contributed by atoms with Gasteiger partial charge in [0.1, 0.15) is 12.0 Å². The molecule has 13 heavy (non-hydrogen) atoms. The van der Waals surface area contributed by atoms with E-state index in [2.05, 4.69) is 14.9 Å². The summed E-state index contributed by atoms with van der Waals surface area (Å²) in [4.78, 5) is 0. The monoisotopic (exact) mass is 200 g/mol. The summed E-state index contributed by atoms with van der Waals surface area (Å²) in [6.07, 6.45) is 0.790. The predicted octanol–water partition coefficient (Wildman–Crippen LogP) is 1.47. The Kier molecular flexibility index (Phi) is 2.92. The second-order valence-corrected chi connectivity index (χ2v) is 3.24. The summed E-state index contributed by atoms with van der Waals surface area (Å²) in [6.45, 7) is 3.11. The Labute approximate surface area is 76.7 Å². The Balaban J connectivity index is 2.75. The summed E-state index contributed by atoms with van der Waals surface area (Å²) in [6, 6.07) is 8.05. The van der Waals surface area contributed by atoms with Gasteiger partial charge in [-0.15, -0.1) is 8.42 Å². The third kappa shape index (κ3) is 3.16. The van der Waals surface area contributed by atoms with Gasteiger partial charge >= 0.3 is 10.4 Å². The number of hydrogen-bond donors (Lipinski definition) is 0. The molecule has 0 aliphatic carbocycles. The first-order valence-corrected chi connectivity index (χ1v) is 4.76. The molecule has 0 aliphatic rings. The van der Waals surface area contributed by atoms with Gasteiger partial charge in [0.2, 0.25) is 0 Å². The van der Waals surface area contributed by atoms with Gasteiger partial charge < -0.3 is 8.37 Å². The quantitative estimate of drug-likeness (QED) is 0.690. The lowest BCUT2D eigenvalue weighted by Gasteiger charge is -2.03. The van der Waals surface area contributed by atoms with Crippen molar-refractivity contribution in [3.8, 4) is 5.75 Å². The summed E-state index contributed by atoms with van der Waals surface area (Å²) >= 11 is 0. The molecule has 0 saturated heterocycles. The van der Waals surface area contributed by atoms with Crippen LogP contribution in [0, 0.1) is 0 Å². The SMILES string of the molecule is C=COS(=O)(=O)Oc1ccccc1. The van der Waals surface area contributed by atoms with E-state index in [0.717, 1.165) is 6.26 Å². The summed E-state index contributed by atoms with van der Waals surface area (Å²) in [5.74, 6) is 0.198. The summed E-state index contributed by atoms with van der Waals surface area (Å²) in [7, 11) is -4.00. The molecule has 0 bridgehead atoms. The zero-order valence-corrected chi connectivity index (χ0v) is 7.53. The fraction of sp³-hybridized carbons (Fsp3) is 0. The maximum atomic E-state index is 10.9. The van der Waals surface area contributed by atoms with Crippen LogP contribution >= 0.6 is 0 Å². The molecule has 0 fully saturated rings. The van der Waals surface area contributed by atoms with Crippen molar-refractivity contribution < 1.29 is 16.8 Å². The van der Waals surface area contributed by atoms with Gasteiger partial charge in [0.15, 0.2) is 0 Å². The molecule has 0 aromatic heterocycles. The maximum Gasteiger partial charge on any atom is 0.500 e. The zero-order chi connectivity index (χ0) is 9.73. The van der Waals surface area contributed by atoms with E-state index >= 15 is 0 Å². The third-order valence-corrected chi connectivity index (χ3v) is 1.90. The average molecular weight is 200 g/mol. The molecule has 1 rings (SSSR count). The van der Waals surface area contributed by atoms with Crippen LogP contribution in [0.3, 0.4) is 0 Å². The third-order valence-electron chi connectivity index (χ3n) is 1.13. The molecule has 0 saturated carbocycles. The molecule has 0 atom stereocenters. The summed E-state index contributed by atoms with van der Waals surface area (Å²) in [5, 5.41) is 0. The first-order valence-electron chi connectivity index (χ1n) is 3.43. The highest BCUT2D eigenvalue weighted by molar-refractivity contribution is 7.82. The molecule has 0 N–H and O–H groups in total. The topological polar surface area (TPSA) is 52.6 Å². The fourth-order valence-electron chi connectivity index (χ4n) is 0.697. The number of para-hydroxylation sites is 1. The van der Waals surface area contributed by atoms with E-state index < -0.39 is 10.4 Å². The van der Waals surface area contributed by atoms with Crippen molar-refractivity contribution in [2.45, 2.75) is 0 Å². The fourth-order valence-corrected chi connectivity index (χ4v) is 1.25. The smallest absolute Gasteiger partial charge is 0.361 e. The van der Waals surface area contributed by atoms with Gasteiger partial charge in [0.25, 0.3) is 0 Å². The van der Waals surface area contributed by atoms with E-state index in [1.807, 2.05) is 0 Å². The van der Waals surface area contributed by atoms with Crippen LogP contribution in [-0.2, 0) is 14.6 Å². The van der Waals surface area contributed by atoms with Gasteiger partial charge in [0, 0.05) is 0 Å². The molecule has 4 nitrogen and oxygen atoms in total. The molecule has 0 aliphatic heterocycles. The van der Waals surface area contributed by atoms with Gasteiger partial charge in [-0.25, -0.2) is 0 Å². The maximum absolute atomic E-state index is 10.9. The van der Waals surface area contributed by atoms with Crippen molar-refractivity contribution in [2.75, 3.05) is 0 Å². The van der Waals surface area contributed by atoms with Crippen molar-refractivity contribution in [1.29, 1.82) is 0 Å². The molecular formula is C8H8O4S. The van der Waals surface area contributed by atoms with Crippen molar-refractivity contribution in [2.24, 2.45) is 0 Å². The van der Waals surface area contributed by atoms with Gasteiger partial charge in [-0.1, -0.05) is 24.8 Å². The minimum Gasteiger partial charge on any atom is -0.361 e. The standard InChI is InChI=1S/C8H8O4S/c1-2-11-13(9,10)12-8-6-4-3-5-7-8/h2-7H,1H2. The molecule has 1 aromatic rings. The minimum absolute atomic E-state index is 0.198. The van der Waals surface area contributed by atoms with Crippen molar-refractivity contribution in [3.63, 3.8) is 0 Å². The second-order valence-electron chi connectivity index (χ2n) is 2.07. The highest BCUT2D eigenvalue weighted by Gasteiger charge is 2.11. The van der Waals surface area contributed by atoms with Crippen molar-refractivity contribution in [1.82, 2.24) is 0 Å². The van der Waals surface area contributed by atoms with Gasteiger partial charge in [-0.05, 0) is 12.1 Å². The van der Waals surface area contributed by atoms with E-state index in [-0.39, 0.29) is 5.75 Å². The van der Waals surface area contributed by atoms with Gasteiger partial charge in [-0.3, -0.25) is 0 Å². The largest absolute Gasteiger partial charge is 0.500 e. The first-order chi connectivity index (χ1) is 6.14. The van der Waals surface area contributed by atoms with E-state index in [0.29, 0.717) is 0 Å². The molecule has 0 unspecified atom stereocenters. The molecule has 0 heterocycles. The van der Waals surface area contributed by atoms with E-state index in [1.54, 1.807) is 18.2 Å². The molecular weight excluding hydrogens is 192 g/mol. The highest BCUT2D eigenvalue weighted by atomic mass is 32.3. The van der Waals surface area contributed by atoms with Crippen LogP contribution in [0.25, 0.3) is 0 Å². The normalized spacial score (nSPS) is 10.5. The molecule has 0 amide bonds. The summed E-state index contributed by atoms with van der Waals surface area (Å²) < 4.78 is 30.4. The lowest BCUT2D eigenvalue weighted by atomic mass is 10.3. The Bertz CT molecular complexity index is 368. The van der Waals surface area contributed by atoms with Crippen molar-refractivity contribution >= 4 is 10.4 Å². The molecule has 1 aromatic carbocycles. The lowest BCUT2D eigenvalue weighted by molar-refractivity contribution is 0.363. The lowest BCUT2D eigenvalue weighted by Crippen LogP contribution is -2.09. The molecule has 70 valence electrons. The van der Waals surface area contributed by atoms with E-state index in [1.165, 1.54) is 12.1 Å². The van der Waals surface area contributed by atoms with Crippen LogP contribution in [0.15, 0.2) is 43.2 Å². The first kappa shape index (κ1) is 9.60. The Hall–Kier alpha value is -1.49. The van der Waals surface area contributed by atoms with E-state index in [4.69, 9.17) is 0 Å². The van der Waals surface area contributed by atoms with Crippen LogP contribution in [-0.4, -0.2) is 8.42 Å². The van der Waals surface area contributed by atoms with Crippen LogP contribution in [0.4, 0.5) is 0 Å². The minimum atomic E-state index is -4.00. The Morgan fingerprint density at radius 2 is 1.85 bits per heavy atom. The highest BCUT2D eigenvalue weighted by Crippen LogP contribution is 2.11. The van der Waals surface area contributed by atoms with Crippen molar-refractivity contribution in [3.05, 3.63) is 43.2 Å². The predicted molar refractivity (Wildman–Crippen MR) is 47.3 cm³/mol. The van der Waals surface area contributed by atoms with Crippen LogP contribution in [0.1, 0.15) is 0 Å². The number of hydrogen-bond acceptors (Lipinski definition) is 4. The van der Waals surface area contributed by atoms with Crippen LogP contribution in [0.5, 0.6) is 5.75 Å². The van der Waals surface area contributed by atoms with Gasteiger partial charge in [-0.2, -0.15) is 0 Å². The Morgan fingerprint density at radius 3 is 2.38 bits per heavy atom. The number of rotatable bonds is 4. The summed E-state index contributed by atoms with van der Waals surface area (Å²) in [5.41, 5.74) is 0. The molecule has 0 spiro atoms.